The second-order valence-electron chi connectivity index (χ2n) is 7.35. The predicted molar refractivity (Wildman–Crippen MR) is 89.6 cm³/mol. The van der Waals surface area contributed by atoms with Gasteiger partial charge in [-0.25, -0.2) is 0 Å². The highest BCUT2D eigenvalue weighted by Crippen LogP contribution is 2.38. The molecule has 0 radical (unpaired) electrons. The number of likely N-dealkylation sites (tertiary alicyclic amines) is 1. The quantitative estimate of drug-likeness (QED) is 0.757. The maximum atomic E-state index is 9.97. The van der Waals surface area contributed by atoms with Gasteiger partial charge in [-0.3, -0.25) is 0 Å². The number of rotatable bonds is 7. The summed E-state index contributed by atoms with van der Waals surface area (Å²) in [6.07, 6.45) is 11.7. The fraction of sp³-hybridized carbons (Fsp3) is 1.00. The molecule has 2 rings (SSSR count). The largest absolute Gasteiger partial charge is 0.394 e. The average molecular weight is 296 g/mol. The Hall–Kier alpha value is -0.120. The van der Waals surface area contributed by atoms with Crippen molar-refractivity contribution in [3.05, 3.63) is 0 Å². The van der Waals surface area contributed by atoms with Gasteiger partial charge in [0, 0.05) is 11.6 Å². The van der Waals surface area contributed by atoms with Crippen LogP contribution < -0.4 is 5.32 Å². The minimum absolute atomic E-state index is 0.0189. The van der Waals surface area contributed by atoms with Gasteiger partial charge in [-0.05, 0) is 71.0 Å². The van der Waals surface area contributed by atoms with Crippen molar-refractivity contribution in [3.8, 4) is 0 Å². The van der Waals surface area contributed by atoms with E-state index in [2.05, 4.69) is 24.1 Å². The molecule has 1 saturated carbocycles. The van der Waals surface area contributed by atoms with Gasteiger partial charge < -0.3 is 15.3 Å². The molecule has 0 aromatic rings. The minimum Gasteiger partial charge on any atom is -0.394 e. The van der Waals surface area contributed by atoms with E-state index in [4.69, 9.17) is 0 Å². The second kappa shape index (κ2) is 8.50. The first-order valence-electron chi connectivity index (χ1n) is 9.32. The molecule has 1 aliphatic carbocycles. The van der Waals surface area contributed by atoms with E-state index >= 15 is 0 Å². The van der Waals surface area contributed by atoms with Gasteiger partial charge in [-0.1, -0.05) is 26.2 Å². The van der Waals surface area contributed by atoms with Gasteiger partial charge in [0.05, 0.1) is 6.61 Å². The van der Waals surface area contributed by atoms with Crippen LogP contribution in [-0.4, -0.2) is 47.8 Å². The monoisotopic (exact) mass is 296 g/mol. The van der Waals surface area contributed by atoms with Crippen LogP contribution in [0.15, 0.2) is 0 Å². The van der Waals surface area contributed by atoms with Gasteiger partial charge in [-0.15, -0.1) is 0 Å². The molecule has 2 aliphatic rings. The third kappa shape index (κ3) is 4.43. The Balaban J connectivity index is 1.87. The summed E-state index contributed by atoms with van der Waals surface area (Å²) in [6, 6.07) is 0.751. The summed E-state index contributed by atoms with van der Waals surface area (Å²) >= 11 is 0. The van der Waals surface area contributed by atoms with Crippen LogP contribution in [0.25, 0.3) is 0 Å². The Morgan fingerprint density at radius 2 is 2.05 bits per heavy atom. The topological polar surface area (TPSA) is 35.5 Å². The lowest BCUT2D eigenvalue weighted by Gasteiger charge is -2.37. The van der Waals surface area contributed by atoms with Crippen LogP contribution in [0.3, 0.4) is 0 Å². The van der Waals surface area contributed by atoms with Crippen molar-refractivity contribution in [2.24, 2.45) is 5.92 Å². The summed E-state index contributed by atoms with van der Waals surface area (Å²) < 4.78 is 0. The van der Waals surface area contributed by atoms with Crippen molar-refractivity contribution in [2.45, 2.75) is 83.2 Å². The maximum Gasteiger partial charge on any atom is 0.0616 e. The van der Waals surface area contributed by atoms with Crippen LogP contribution in [0.2, 0.25) is 0 Å². The molecule has 3 unspecified atom stereocenters. The third-order valence-corrected chi connectivity index (χ3v) is 5.92. The highest BCUT2D eigenvalue weighted by molar-refractivity contribution is 4.99. The summed E-state index contributed by atoms with van der Waals surface area (Å²) in [6.45, 7) is 8.46. The molecule has 3 atom stereocenters. The number of aliphatic hydroxyl groups is 1. The zero-order chi connectivity index (χ0) is 15.1. The standard InChI is InChI=1S/C18H36N2O/c1-3-12-19-18(15-21)11-7-9-17(18)10-14-20-13-6-4-5-8-16(20)2/h16-17,19,21H,3-15H2,1-2H3. The lowest BCUT2D eigenvalue weighted by molar-refractivity contribution is 0.106. The Labute approximate surface area is 131 Å². The Bertz CT molecular complexity index is 297. The molecular formula is C18H36N2O. The molecule has 2 fully saturated rings. The smallest absolute Gasteiger partial charge is 0.0616 e. The molecule has 3 nitrogen and oxygen atoms in total. The highest BCUT2D eigenvalue weighted by Gasteiger charge is 2.41. The van der Waals surface area contributed by atoms with Gasteiger partial charge in [-0.2, -0.15) is 0 Å². The first kappa shape index (κ1) is 17.2. The van der Waals surface area contributed by atoms with E-state index in [1.807, 2.05) is 0 Å². The number of hydrogen-bond donors (Lipinski definition) is 2. The van der Waals surface area contributed by atoms with E-state index in [1.165, 1.54) is 58.0 Å². The van der Waals surface area contributed by atoms with Crippen molar-refractivity contribution < 1.29 is 5.11 Å². The van der Waals surface area contributed by atoms with Crippen molar-refractivity contribution >= 4 is 0 Å². The van der Waals surface area contributed by atoms with Gasteiger partial charge in [0.2, 0.25) is 0 Å². The molecule has 0 bridgehead atoms. The molecule has 1 aliphatic heterocycles. The van der Waals surface area contributed by atoms with E-state index in [0.29, 0.717) is 12.5 Å². The predicted octanol–water partition coefficient (Wildman–Crippen LogP) is 3.17. The Morgan fingerprint density at radius 3 is 2.81 bits per heavy atom. The summed E-state index contributed by atoms with van der Waals surface area (Å²) in [4.78, 5) is 2.70. The molecule has 0 spiro atoms. The molecule has 0 aromatic heterocycles. The number of hydrogen-bond acceptors (Lipinski definition) is 3. The summed E-state index contributed by atoms with van der Waals surface area (Å²) in [5.74, 6) is 0.657. The van der Waals surface area contributed by atoms with Gasteiger partial charge in [0.1, 0.15) is 0 Å². The Kier molecular flexibility index (Phi) is 6.97. The van der Waals surface area contributed by atoms with Crippen molar-refractivity contribution in [2.75, 3.05) is 26.2 Å². The lowest BCUT2D eigenvalue weighted by atomic mass is 9.85. The second-order valence-corrected chi connectivity index (χ2v) is 7.35. The summed E-state index contributed by atoms with van der Waals surface area (Å²) in [5.41, 5.74) is 0.0189. The lowest BCUT2D eigenvalue weighted by Crippen LogP contribution is -2.52. The number of nitrogens with one attached hydrogen (secondary N) is 1. The van der Waals surface area contributed by atoms with Crippen LogP contribution >= 0.6 is 0 Å². The van der Waals surface area contributed by atoms with Gasteiger partial charge >= 0.3 is 0 Å². The van der Waals surface area contributed by atoms with Crippen LogP contribution in [0.4, 0.5) is 0 Å². The summed E-state index contributed by atoms with van der Waals surface area (Å²) in [7, 11) is 0. The minimum atomic E-state index is 0.0189. The molecule has 3 heteroatoms. The van der Waals surface area contributed by atoms with E-state index in [1.54, 1.807) is 0 Å². The zero-order valence-corrected chi connectivity index (χ0v) is 14.2. The van der Waals surface area contributed by atoms with E-state index in [-0.39, 0.29) is 5.54 Å². The van der Waals surface area contributed by atoms with E-state index < -0.39 is 0 Å². The molecule has 0 amide bonds. The van der Waals surface area contributed by atoms with Crippen molar-refractivity contribution in [1.82, 2.24) is 10.2 Å². The number of nitrogens with zero attached hydrogens (tertiary/aromatic N) is 1. The maximum absolute atomic E-state index is 9.97. The molecule has 21 heavy (non-hydrogen) atoms. The highest BCUT2D eigenvalue weighted by atomic mass is 16.3. The average Bonchev–Trinajstić information content (AvgIpc) is 2.79. The zero-order valence-electron chi connectivity index (χ0n) is 14.2. The fourth-order valence-electron chi connectivity index (χ4n) is 4.42. The normalized spacial score (nSPS) is 35.0. The van der Waals surface area contributed by atoms with Crippen LogP contribution in [0.5, 0.6) is 0 Å². The summed E-state index contributed by atoms with van der Waals surface area (Å²) in [5, 5.41) is 13.7. The molecule has 0 aromatic carbocycles. The molecular weight excluding hydrogens is 260 g/mol. The molecule has 2 N–H and O–H groups in total. The van der Waals surface area contributed by atoms with E-state index in [0.717, 1.165) is 25.4 Å². The van der Waals surface area contributed by atoms with Gasteiger partial charge in [0.15, 0.2) is 0 Å². The van der Waals surface area contributed by atoms with Crippen LogP contribution in [0.1, 0.15) is 71.6 Å². The van der Waals surface area contributed by atoms with Crippen molar-refractivity contribution in [3.63, 3.8) is 0 Å². The van der Waals surface area contributed by atoms with Crippen LogP contribution in [-0.2, 0) is 0 Å². The van der Waals surface area contributed by atoms with Crippen LogP contribution in [0, 0.1) is 5.92 Å². The third-order valence-electron chi connectivity index (χ3n) is 5.92. The SMILES string of the molecule is CCCNC1(CO)CCCC1CCN1CCCCCC1C. The first-order chi connectivity index (χ1) is 10.2. The number of aliphatic hydroxyl groups excluding tert-OH is 1. The first-order valence-corrected chi connectivity index (χ1v) is 9.32. The van der Waals surface area contributed by atoms with E-state index in [9.17, 15) is 5.11 Å². The molecule has 1 heterocycles. The molecule has 124 valence electrons. The van der Waals surface area contributed by atoms with Crippen molar-refractivity contribution in [1.29, 1.82) is 0 Å². The molecule has 1 saturated heterocycles. The fourth-order valence-corrected chi connectivity index (χ4v) is 4.42. The van der Waals surface area contributed by atoms with Gasteiger partial charge in [0.25, 0.3) is 0 Å². The Morgan fingerprint density at radius 1 is 1.19 bits per heavy atom.